The number of hydrogen-bond acceptors (Lipinski definition) is 4. The molecule has 2 aliphatic rings. The molecule has 6 heteroatoms. The van der Waals surface area contributed by atoms with Crippen LogP contribution in [0.15, 0.2) is 36.5 Å². The molecule has 2 heterocycles. The van der Waals surface area contributed by atoms with Gasteiger partial charge in [0.15, 0.2) is 5.69 Å². The van der Waals surface area contributed by atoms with E-state index in [2.05, 4.69) is 10.3 Å². The zero-order valence-electron chi connectivity index (χ0n) is 13.7. The molecule has 1 aliphatic heterocycles. The third kappa shape index (κ3) is 3.06. The van der Waals surface area contributed by atoms with Crippen molar-refractivity contribution in [3.8, 4) is 0 Å². The fraction of sp³-hybridized carbons (Fsp3) is 0.500. The standard InChI is InChI=1S/C18H22N4O2/c23-18(22-10-11-24-17-9-5-4-8-16(17)22)15-13-21(20-19-15)12-14-6-2-1-3-7-14/h1-3,6-7,13,16-17H,4-5,8-12H2/t16-,17+/m0/s1. The Morgan fingerprint density at radius 1 is 1.21 bits per heavy atom. The smallest absolute Gasteiger partial charge is 0.276 e. The number of carbonyl (C=O) groups is 1. The molecule has 2 atom stereocenters. The van der Waals surface area contributed by atoms with Crippen molar-refractivity contribution in [1.82, 2.24) is 19.9 Å². The first-order valence-electron chi connectivity index (χ1n) is 8.68. The number of amides is 1. The van der Waals surface area contributed by atoms with E-state index < -0.39 is 0 Å². The Bertz CT molecular complexity index is 698. The van der Waals surface area contributed by atoms with Gasteiger partial charge < -0.3 is 9.64 Å². The highest BCUT2D eigenvalue weighted by atomic mass is 16.5. The van der Waals surface area contributed by atoms with Crippen LogP contribution in [0.2, 0.25) is 0 Å². The number of ether oxygens (including phenoxy) is 1. The molecular formula is C18H22N4O2. The number of aromatic nitrogens is 3. The highest BCUT2D eigenvalue weighted by molar-refractivity contribution is 5.92. The molecule has 6 nitrogen and oxygen atoms in total. The van der Waals surface area contributed by atoms with Gasteiger partial charge in [0.2, 0.25) is 0 Å². The lowest BCUT2D eigenvalue weighted by molar-refractivity contribution is -0.0754. The molecule has 24 heavy (non-hydrogen) atoms. The average molecular weight is 326 g/mol. The summed E-state index contributed by atoms with van der Waals surface area (Å²) in [4.78, 5) is 14.8. The van der Waals surface area contributed by atoms with Crippen LogP contribution < -0.4 is 0 Å². The van der Waals surface area contributed by atoms with Crippen LogP contribution in [0.3, 0.4) is 0 Å². The molecule has 0 bridgehead atoms. The van der Waals surface area contributed by atoms with Gasteiger partial charge in [-0.15, -0.1) is 5.10 Å². The quantitative estimate of drug-likeness (QED) is 0.867. The minimum absolute atomic E-state index is 0.0190. The van der Waals surface area contributed by atoms with Gasteiger partial charge in [-0.25, -0.2) is 4.68 Å². The number of nitrogens with zero attached hydrogens (tertiary/aromatic N) is 4. The van der Waals surface area contributed by atoms with E-state index in [-0.39, 0.29) is 18.1 Å². The molecule has 0 spiro atoms. The van der Waals surface area contributed by atoms with E-state index in [1.54, 1.807) is 10.9 Å². The Morgan fingerprint density at radius 3 is 2.92 bits per heavy atom. The molecule has 2 aromatic rings. The first-order chi connectivity index (χ1) is 11.8. The van der Waals surface area contributed by atoms with Crippen LogP contribution in [0.5, 0.6) is 0 Å². The highest BCUT2D eigenvalue weighted by Crippen LogP contribution is 2.29. The summed E-state index contributed by atoms with van der Waals surface area (Å²) in [6.07, 6.45) is 6.37. The van der Waals surface area contributed by atoms with Crippen LogP contribution in [0, 0.1) is 0 Å². The first-order valence-corrected chi connectivity index (χ1v) is 8.68. The van der Waals surface area contributed by atoms with E-state index >= 15 is 0 Å². The minimum Gasteiger partial charge on any atom is -0.374 e. The summed E-state index contributed by atoms with van der Waals surface area (Å²) in [5.74, 6) is -0.0190. The molecule has 1 saturated carbocycles. The average Bonchev–Trinajstić information content (AvgIpc) is 3.10. The molecular weight excluding hydrogens is 304 g/mol. The van der Waals surface area contributed by atoms with E-state index in [1.165, 1.54) is 6.42 Å². The van der Waals surface area contributed by atoms with Crippen LogP contribution in [-0.4, -0.2) is 51.1 Å². The van der Waals surface area contributed by atoms with Crippen LogP contribution >= 0.6 is 0 Å². The second kappa shape index (κ2) is 6.73. The van der Waals surface area contributed by atoms with Crippen LogP contribution in [0.1, 0.15) is 41.7 Å². The number of hydrogen-bond donors (Lipinski definition) is 0. The minimum atomic E-state index is -0.0190. The molecule has 0 unspecified atom stereocenters. The van der Waals surface area contributed by atoms with Crippen LogP contribution in [0.25, 0.3) is 0 Å². The largest absolute Gasteiger partial charge is 0.374 e. The Labute approximate surface area is 141 Å². The normalized spacial score (nSPS) is 23.8. The van der Waals surface area contributed by atoms with Crippen molar-refractivity contribution in [1.29, 1.82) is 0 Å². The van der Waals surface area contributed by atoms with E-state index in [0.29, 0.717) is 25.4 Å². The van der Waals surface area contributed by atoms with Crippen molar-refractivity contribution >= 4 is 5.91 Å². The molecule has 0 radical (unpaired) electrons. The summed E-state index contributed by atoms with van der Waals surface area (Å²) in [7, 11) is 0. The summed E-state index contributed by atoms with van der Waals surface area (Å²) in [5, 5.41) is 8.23. The molecule has 126 valence electrons. The summed E-state index contributed by atoms with van der Waals surface area (Å²) >= 11 is 0. The fourth-order valence-corrected chi connectivity index (χ4v) is 3.74. The van der Waals surface area contributed by atoms with Gasteiger partial charge in [-0.05, 0) is 18.4 Å². The number of morpholine rings is 1. The Morgan fingerprint density at radius 2 is 2.04 bits per heavy atom. The Hall–Kier alpha value is -2.21. The monoisotopic (exact) mass is 326 g/mol. The summed E-state index contributed by atoms with van der Waals surface area (Å²) in [6, 6.07) is 10.2. The third-order valence-corrected chi connectivity index (χ3v) is 4.94. The van der Waals surface area contributed by atoms with Crippen molar-refractivity contribution in [3.05, 3.63) is 47.8 Å². The van der Waals surface area contributed by atoms with Gasteiger partial charge in [-0.3, -0.25) is 4.79 Å². The van der Waals surface area contributed by atoms with Crippen molar-refractivity contribution in [2.24, 2.45) is 0 Å². The van der Waals surface area contributed by atoms with Crippen molar-refractivity contribution < 1.29 is 9.53 Å². The maximum absolute atomic E-state index is 12.9. The van der Waals surface area contributed by atoms with Gasteiger partial charge in [-0.1, -0.05) is 48.4 Å². The Kier molecular flexibility index (Phi) is 4.30. The molecule has 0 N–H and O–H groups in total. The van der Waals surface area contributed by atoms with Gasteiger partial charge in [-0.2, -0.15) is 0 Å². The van der Waals surface area contributed by atoms with Crippen LogP contribution in [0.4, 0.5) is 0 Å². The van der Waals surface area contributed by atoms with Gasteiger partial charge in [0, 0.05) is 6.54 Å². The van der Waals surface area contributed by atoms with E-state index in [0.717, 1.165) is 24.8 Å². The zero-order valence-corrected chi connectivity index (χ0v) is 13.7. The third-order valence-electron chi connectivity index (χ3n) is 4.94. The van der Waals surface area contributed by atoms with E-state index in [4.69, 9.17) is 4.74 Å². The molecule has 1 aliphatic carbocycles. The predicted molar refractivity (Wildman–Crippen MR) is 88.6 cm³/mol. The summed E-state index contributed by atoms with van der Waals surface area (Å²) < 4.78 is 7.57. The second-order valence-corrected chi connectivity index (χ2v) is 6.55. The fourth-order valence-electron chi connectivity index (χ4n) is 3.74. The van der Waals surface area contributed by atoms with Gasteiger partial charge in [0.05, 0.1) is 31.5 Å². The lowest BCUT2D eigenvalue weighted by Crippen LogP contribution is -2.54. The number of benzene rings is 1. The topological polar surface area (TPSA) is 60.2 Å². The van der Waals surface area contributed by atoms with Crippen LogP contribution in [-0.2, 0) is 11.3 Å². The lowest BCUT2D eigenvalue weighted by Gasteiger charge is -2.43. The number of fused-ring (bicyclic) bond motifs is 1. The number of rotatable bonds is 3. The summed E-state index contributed by atoms with van der Waals surface area (Å²) in [6.45, 7) is 1.88. The maximum atomic E-state index is 12.9. The van der Waals surface area contributed by atoms with Crippen molar-refractivity contribution in [3.63, 3.8) is 0 Å². The zero-order chi connectivity index (χ0) is 16.4. The Balaban J connectivity index is 1.48. The SMILES string of the molecule is O=C(c1cn(Cc2ccccc2)nn1)N1CCO[C@@H]2CCCC[C@@H]21. The van der Waals surface area contributed by atoms with E-state index in [9.17, 15) is 4.79 Å². The lowest BCUT2D eigenvalue weighted by atomic mass is 9.90. The van der Waals surface area contributed by atoms with Gasteiger partial charge in [0.25, 0.3) is 5.91 Å². The van der Waals surface area contributed by atoms with Crippen molar-refractivity contribution in [2.45, 2.75) is 44.4 Å². The molecule has 2 fully saturated rings. The first kappa shape index (κ1) is 15.3. The molecule has 1 saturated heterocycles. The molecule has 1 aromatic heterocycles. The molecule has 1 aromatic carbocycles. The van der Waals surface area contributed by atoms with Gasteiger partial charge in [0.1, 0.15) is 0 Å². The van der Waals surface area contributed by atoms with Gasteiger partial charge >= 0.3 is 0 Å². The predicted octanol–water partition coefficient (Wildman–Crippen LogP) is 2.11. The summed E-state index contributed by atoms with van der Waals surface area (Å²) in [5.41, 5.74) is 1.57. The second-order valence-electron chi connectivity index (χ2n) is 6.55. The molecule has 4 rings (SSSR count). The highest BCUT2D eigenvalue weighted by Gasteiger charge is 2.37. The maximum Gasteiger partial charge on any atom is 0.276 e. The number of carbonyl (C=O) groups excluding carboxylic acids is 1. The van der Waals surface area contributed by atoms with E-state index in [1.807, 2.05) is 35.2 Å². The van der Waals surface area contributed by atoms with Crippen molar-refractivity contribution in [2.75, 3.05) is 13.2 Å². The molecule has 1 amide bonds.